The maximum absolute atomic E-state index is 13.2. The highest BCUT2D eigenvalue weighted by Gasteiger charge is 2.59. The van der Waals surface area contributed by atoms with Gasteiger partial charge in [-0.05, 0) is 163 Å². The highest BCUT2D eigenvalue weighted by atomic mass is 16.5. The fourth-order valence-corrected chi connectivity index (χ4v) is 11.9. The molecule has 4 aliphatic carbocycles. The molecule has 0 aromatic rings. The predicted octanol–water partition coefficient (Wildman–Crippen LogP) is 9.42. The number of amides is 1. The third kappa shape index (κ3) is 11.8. The number of rotatable bonds is 22. The maximum Gasteiger partial charge on any atom is 0.306 e. The summed E-state index contributed by atoms with van der Waals surface area (Å²) in [5.41, 5.74) is 14.2. The summed E-state index contributed by atoms with van der Waals surface area (Å²) >= 11 is 0. The molecule has 1 amide bonds. The maximum atomic E-state index is 13.2. The van der Waals surface area contributed by atoms with Crippen LogP contribution in [0.2, 0.25) is 0 Å². The van der Waals surface area contributed by atoms with Gasteiger partial charge in [-0.15, -0.1) is 0 Å². The van der Waals surface area contributed by atoms with Crippen LogP contribution in [-0.2, 0) is 14.3 Å². The number of nitrogens with one attached hydrogen (secondary N) is 1. The van der Waals surface area contributed by atoms with E-state index in [1.807, 2.05) is 18.7 Å². The molecule has 0 aliphatic heterocycles. The zero-order valence-corrected chi connectivity index (χ0v) is 35.7. The zero-order valence-electron chi connectivity index (χ0n) is 35.7. The van der Waals surface area contributed by atoms with Gasteiger partial charge in [0.1, 0.15) is 6.10 Å². The number of allylic oxidation sites excluding steroid dienone is 1. The van der Waals surface area contributed by atoms with Crippen molar-refractivity contribution in [3.05, 3.63) is 11.6 Å². The molecule has 306 valence electrons. The normalized spacial score (nSPS) is 31.8. The average Bonchev–Trinajstić information content (AvgIpc) is 3.46. The molecule has 4 unspecified atom stereocenters. The molecule has 0 bridgehead atoms. The van der Waals surface area contributed by atoms with Crippen molar-refractivity contribution in [2.45, 2.75) is 189 Å². The van der Waals surface area contributed by atoms with Gasteiger partial charge in [-0.2, -0.15) is 0 Å². The van der Waals surface area contributed by atoms with E-state index in [2.05, 4.69) is 52.9 Å². The van der Waals surface area contributed by atoms with Crippen molar-refractivity contribution in [3.63, 3.8) is 0 Å². The predicted molar refractivity (Wildman–Crippen MR) is 221 cm³/mol. The van der Waals surface area contributed by atoms with E-state index < -0.39 is 0 Å². The minimum absolute atomic E-state index is 0.0263. The number of fused-ring (bicyclic) bond motifs is 5. The van der Waals surface area contributed by atoms with Gasteiger partial charge in [0.2, 0.25) is 5.91 Å². The van der Waals surface area contributed by atoms with E-state index in [1.54, 1.807) is 5.57 Å². The van der Waals surface area contributed by atoms with Crippen LogP contribution in [0.4, 0.5) is 0 Å². The Hall–Kier alpha value is -1.44. The van der Waals surface area contributed by atoms with Crippen LogP contribution < -0.4 is 16.8 Å². The standard InChI is InChI=1S/C46H84N4O3/c1-9-36(32(2)3)16-15-33(4)40-19-20-41-39-18-17-37-31-38(21-25-45(37,7)42(39)22-26-46(40,41)8)53-44(52)14-12-13-43(51)50(30-24-35(6)48)29-11-10-27-49-28-23-34(5)47/h17,32-36,38-42,49H,9-16,18-31,47-48H2,1-8H3/t33?,34?,35?,36?,38-,39-,40+,41-,42-,45-,46+/m0/s1. The number of hydrogen-bond acceptors (Lipinski definition) is 6. The van der Waals surface area contributed by atoms with Gasteiger partial charge < -0.3 is 26.4 Å². The molecule has 3 saturated carbocycles. The summed E-state index contributed by atoms with van der Waals surface area (Å²) in [6.45, 7) is 22.3. The van der Waals surface area contributed by atoms with Gasteiger partial charge in [0.25, 0.3) is 0 Å². The Balaban J connectivity index is 1.23. The van der Waals surface area contributed by atoms with Crippen LogP contribution in [0.25, 0.3) is 0 Å². The van der Waals surface area contributed by atoms with Gasteiger partial charge in [-0.3, -0.25) is 9.59 Å². The SMILES string of the molecule is CCC(CCC(C)[C@H]1CC[C@H]2[C@@H]3CC=C4C[C@@H](OC(=O)CCCC(=O)N(CCCCNCCC(C)N)CCC(C)N)CC[C@]4(C)[C@H]3CC[C@]12C)C(C)C. The summed E-state index contributed by atoms with van der Waals surface area (Å²) in [6, 6.07) is 0.274. The zero-order chi connectivity index (χ0) is 38.8. The number of hydrogen-bond donors (Lipinski definition) is 3. The second kappa shape index (κ2) is 20.6. The topological polar surface area (TPSA) is 111 Å². The van der Waals surface area contributed by atoms with Gasteiger partial charge >= 0.3 is 5.97 Å². The lowest BCUT2D eigenvalue weighted by Gasteiger charge is -2.58. The molecule has 0 heterocycles. The quantitative estimate of drug-likeness (QED) is 0.0580. The Morgan fingerprint density at radius 3 is 2.32 bits per heavy atom. The molecule has 4 rings (SSSR count). The smallest absolute Gasteiger partial charge is 0.306 e. The molecule has 7 nitrogen and oxygen atoms in total. The molecule has 53 heavy (non-hydrogen) atoms. The van der Waals surface area contributed by atoms with Crippen molar-refractivity contribution in [2.75, 3.05) is 26.2 Å². The number of esters is 1. The summed E-state index contributed by atoms with van der Waals surface area (Å²) in [4.78, 5) is 28.2. The number of ether oxygens (including phenoxy) is 1. The lowest BCUT2D eigenvalue weighted by Crippen LogP contribution is -2.51. The van der Waals surface area contributed by atoms with Gasteiger partial charge in [-0.1, -0.05) is 66.0 Å². The molecular formula is C46H84N4O3. The Labute approximate surface area is 326 Å². The number of unbranched alkanes of at least 4 members (excludes halogenated alkanes) is 1. The lowest BCUT2D eigenvalue weighted by molar-refractivity contribution is -0.151. The molecule has 3 fully saturated rings. The number of nitrogens with two attached hydrogens (primary N) is 2. The molecule has 5 N–H and O–H groups in total. The van der Waals surface area contributed by atoms with Crippen molar-refractivity contribution in [1.82, 2.24) is 10.2 Å². The largest absolute Gasteiger partial charge is 0.462 e. The summed E-state index contributed by atoms with van der Waals surface area (Å²) in [6.07, 6.45) is 21.5. The van der Waals surface area contributed by atoms with E-state index in [0.29, 0.717) is 31.2 Å². The summed E-state index contributed by atoms with van der Waals surface area (Å²) in [7, 11) is 0. The van der Waals surface area contributed by atoms with E-state index in [0.717, 1.165) is 106 Å². The Bertz CT molecular complexity index is 1170. The van der Waals surface area contributed by atoms with E-state index in [1.165, 1.54) is 51.4 Å². The van der Waals surface area contributed by atoms with Crippen LogP contribution in [0.15, 0.2) is 11.6 Å². The van der Waals surface area contributed by atoms with Gasteiger partial charge in [0.15, 0.2) is 0 Å². The second-order valence-corrected chi connectivity index (χ2v) is 19.5. The first-order valence-electron chi connectivity index (χ1n) is 22.6. The summed E-state index contributed by atoms with van der Waals surface area (Å²) < 4.78 is 6.12. The van der Waals surface area contributed by atoms with E-state index in [-0.39, 0.29) is 35.5 Å². The minimum Gasteiger partial charge on any atom is -0.462 e. The first kappa shape index (κ1) is 44.3. The van der Waals surface area contributed by atoms with E-state index >= 15 is 0 Å². The first-order valence-corrected chi connectivity index (χ1v) is 22.6. The van der Waals surface area contributed by atoms with Crippen LogP contribution in [0, 0.1) is 52.3 Å². The van der Waals surface area contributed by atoms with E-state index in [4.69, 9.17) is 16.2 Å². The molecular weight excluding hydrogens is 657 g/mol. The monoisotopic (exact) mass is 741 g/mol. The fourth-order valence-electron chi connectivity index (χ4n) is 11.9. The van der Waals surface area contributed by atoms with Crippen molar-refractivity contribution in [3.8, 4) is 0 Å². The fraction of sp³-hybridized carbons (Fsp3) is 0.913. The van der Waals surface area contributed by atoms with Crippen molar-refractivity contribution in [1.29, 1.82) is 0 Å². The first-order chi connectivity index (χ1) is 25.2. The third-order valence-electron chi connectivity index (χ3n) is 15.4. The second-order valence-electron chi connectivity index (χ2n) is 19.5. The molecule has 11 atom stereocenters. The lowest BCUT2D eigenvalue weighted by atomic mass is 9.47. The highest BCUT2D eigenvalue weighted by Crippen LogP contribution is 2.67. The van der Waals surface area contributed by atoms with Crippen molar-refractivity contribution >= 4 is 11.9 Å². The summed E-state index contributed by atoms with van der Waals surface area (Å²) in [5.74, 6) is 5.79. The number of nitrogens with zero attached hydrogens (tertiary/aromatic N) is 1. The Morgan fingerprint density at radius 1 is 0.868 bits per heavy atom. The van der Waals surface area contributed by atoms with Crippen LogP contribution >= 0.6 is 0 Å². The van der Waals surface area contributed by atoms with Crippen molar-refractivity contribution in [2.24, 2.45) is 63.7 Å². The Morgan fingerprint density at radius 2 is 1.62 bits per heavy atom. The van der Waals surface area contributed by atoms with Gasteiger partial charge in [-0.25, -0.2) is 0 Å². The molecule has 0 aromatic carbocycles. The van der Waals surface area contributed by atoms with Crippen LogP contribution in [0.5, 0.6) is 0 Å². The summed E-state index contributed by atoms with van der Waals surface area (Å²) in [5, 5.41) is 3.45. The van der Waals surface area contributed by atoms with E-state index in [9.17, 15) is 9.59 Å². The van der Waals surface area contributed by atoms with Crippen molar-refractivity contribution < 1.29 is 14.3 Å². The minimum atomic E-state index is -0.140. The van der Waals surface area contributed by atoms with Gasteiger partial charge in [0, 0.05) is 44.4 Å². The Kier molecular flexibility index (Phi) is 17.2. The molecule has 0 aromatic heterocycles. The molecule has 7 heteroatoms. The van der Waals surface area contributed by atoms with Crippen LogP contribution in [0.3, 0.4) is 0 Å². The highest BCUT2D eigenvalue weighted by molar-refractivity contribution is 5.77. The number of carbonyl (C=O) groups is 2. The number of carbonyl (C=O) groups excluding carboxylic acids is 2. The van der Waals surface area contributed by atoms with Crippen LogP contribution in [-0.4, -0.2) is 61.1 Å². The van der Waals surface area contributed by atoms with Gasteiger partial charge in [0.05, 0.1) is 0 Å². The average molecular weight is 741 g/mol. The van der Waals surface area contributed by atoms with Crippen LogP contribution in [0.1, 0.15) is 171 Å². The molecule has 0 saturated heterocycles. The third-order valence-corrected chi connectivity index (χ3v) is 15.4. The molecule has 4 aliphatic rings. The molecule has 0 radical (unpaired) electrons. The molecule has 0 spiro atoms.